The number of rotatable bonds is 8. The van der Waals surface area contributed by atoms with Gasteiger partial charge in [-0.15, -0.1) is 11.3 Å². The molecule has 14 rings (SSSR count). The molecule has 11 aromatic carbocycles. The van der Waals surface area contributed by atoms with Crippen molar-refractivity contribution in [2.75, 3.05) is 4.90 Å². The van der Waals surface area contributed by atoms with Crippen molar-refractivity contribution in [3.63, 3.8) is 0 Å². The number of benzene rings is 11. The third kappa shape index (κ3) is 6.25. The van der Waals surface area contributed by atoms with Gasteiger partial charge in [-0.1, -0.05) is 182 Å². The second kappa shape index (κ2) is 16.2. The lowest BCUT2D eigenvalue weighted by Gasteiger charge is -2.34. The van der Waals surface area contributed by atoms with Gasteiger partial charge in [0.1, 0.15) is 0 Å². The van der Waals surface area contributed by atoms with Crippen LogP contribution in [0, 0.1) is 0 Å². The fourth-order valence-corrected chi connectivity index (χ4v) is 12.6. The Morgan fingerprint density at radius 1 is 0.314 bits per heavy atom. The summed E-state index contributed by atoms with van der Waals surface area (Å²) in [7, 11) is 0. The SMILES string of the molecule is c1ccc(-c2ccc(N(c3ccc(-c4ccc5sc6ccccc6c5c4)cc3)c3ccc4c(c3)c3cc(C5(c6ccccc6)c6ccccc6-c6ccccc65)ccc3n4-c3ccccc3)cc2)cc1. The summed E-state index contributed by atoms with van der Waals surface area (Å²) in [5.41, 5.74) is 18.7. The summed E-state index contributed by atoms with van der Waals surface area (Å²) in [6.07, 6.45) is 0. The van der Waals surface area contributed by atoms with E-state index < -0.39 is 5.41 Å². The Morgan fingerprint density at radius 2 is 0.814 bits per heavy atom. The first-order valence-electron chi connectivity index (χ1n) is 24.1. The summed E-state index contributed by atoms with van der Waals surface area (Å²) in [5.74, 6) is 0. The Bertz CT molecular complexity index is 4050. The smallest absolute Gasteiger partial charge is 0.0713 e. The van der Waals surface area contributed by atoms with Gasteiger partial charge in [-0.2, -0.15) is 0 Å². The Balaban J connectivity index is 0.974. The molecular weight excluding hydrogens is 865 g/mol. The van der Waals surface area contributed by atoms with Gasteiger partial charge in [0.05, 0.1) is 16.4 Å². The van der Waals surface area contributed by atoms with Crippen LogP contribution in [0.15, 0.2) is 267 Å². The van der Waals surface area contributed by atoms with Gasteiger partial charge in [0.2, 0.25) is 0 Å². The summed E-state index contributed by atoms with van der Waals surface area (Å²) in [5, 5.41) is 5.03. The number of nitrogens with zero attached hydrogens (tertiary/aromatic N) is 2. The number of aromatic nitrogens is 1. The molecule has 0 amide bonds. The molecule has 0 spiro atoms. The fraction of sp³-hybridized carbons (Fsp3) is 0.0149. The maximum Gasteiger partial charge on any atom is 0.0713 e. The number of fused-ring (bicyclic) bond motifs is 9. The van der Waals surface area contributed by atoms with E-state index in [1.165, 1.54) is 92.1 Å². The lowest BCUT2D eigenvalue weighted by molar-refractivity contribution is 0.770. The van der Waals surface area contributed by atoms with Crippen LogP contribution in [0.5, 0.6) is 0 Å². The van der Waals surface area contributed by atoms with Gasteiger partial charge < -0.3 is 9.47 Å². The molecular formula is C67H44N2S. The number of hydrogen-bond acceptors (Lipinski definition) is 2. The molecule has 3 heteroatoms. The van der Waals surface area contributed by atoms with E-state index in [2.05, 4.69) is 276 Å². The highest BCUT2D eigenvalue weighted by molar-refractivity contribution is 7.25. The van der Waals surface area contributed by atoms with Crippen molar-refractivity contribution in [1.82, 2.24) is 4.57 Å². The fourth-order valence-electron chi connectivity index (χ4n) is 11.5. The molecule has 0 fully saturated rings. The average molecular weight is 909 g/mol. The summed E-state index contributed by atoms with van der Waals surface area (Å²) < 4.78 is 5.07. The van der Waals surface area contributed by atoms with Gasteiger partial charge in [0, 0.05) is 53.7 Å². The van der Waals surface area contributed by atoms with E-state index in [0.717, 1.165) is 28.3 Å². The second-order valence-corrected chi connectivity index (χ2v) is 19.5. The minimum atomic E-state index is -0.517. The molecule has 1 aliphatic rings. The van der Waals surface area contributed by atoms with E-state index in [9.17, 15) is 0 Å². The van der Waals surface area contributed by atoms with Crippen LogP contribution in [-0.4, -0.2) is 4.57 Å². The highest BCUT2D eigenvalue weighted by Gasteiger charge is 2.46. The van der Waals surface area contributed by atoms with E-state index in [1.807, 2.05) is 11.3 Å². The predicted octanol–water partition coefficient (Wildman–Crippen LogP) is 18.3. The summed E-state index contributed by atoms with van der Waals surface area (Å²) in [6, 6.07) is 98.6. The standard InChI is InChI=1S/C67H44N2S/c1-4-16-45(17-5-1)46-28-34-52(35-29-46)68(53-36-30-47(31-37-53)48-32-41-66-60(42-48)57-24-12-15-27-65(57)70-66)54-38-40-64-59(44-54)58-43-50(33-39-63(58)69(64)51-20-8-3-9-21-51)67(49-18-6-2-7-19-49)61-25-13-10-22-55(61)56-23-11-14-26-62(56)67/h1-44H. The van der Waals surface area contributed by atoms with E-state index in [1.54, 1.807) is 0 Å². The molecule has 328 valence electrons. The maximum absolute atomic E-state index is 2.49. The topological polar surface area (TPSA) is 8.17 Å². The zero-order valence-electron chi connectivity index (χ0n) is 38.2. The summed E-state index contributed by atoms with van der Waals surface area (Å²) >= 11 is 1.86. The first kappa shape index (κ1) is 40.3. The number of anilines is 3. The van der Waals surface area contributed by atoms with Crippen molar-refractivity contribution in [2.45, 2.75) is 5.41 Å². The van der Waals surface area contributed by atoms with Crippen LogP contribution in [0.2, 0.25) is 0 Å². The maximum atomic E-state index is 2.49. The molecule has 0 saturated heterocycles. The summed E-state index contributed by atoms with van der Waals surface area (Å²) in [4.78, 5) is 2.41. The second-order valence-electron chi connectivity index (χ2n) is 18.4. The van der Waals surface area contributed by atoms with Crippen LogP contribution < -0.4 is 4.90 Å². The Hall–Kier alpha value is -8.76. The third-order valence-corrected chi connectivity index (χ3v) is 15.8. The molecule has 2 heterocycles. The first-order valence-corrected chi connectivity index (χ1v) is 24.9. The van der Waals surface area contributed by atoms with Gasteiger partial charge in [-0.25, -0.2) is 0 Å². The monoisotopic (exact) mass is 908 g/mol. The molecule has 0 aliphatic heterocycles. The molecule has 0 atom stereocenters. The highest BCUT2D eigenvalue weighted by atomic mass is 32.1. The molecule has 0 radical (unpaired) electrons. The van der Waals surface area contributed by atoms with Crippen LogP contribution in [0.1, 0.15) is 22.3 Å². The Kier molecular flexibility index (Phi) is 9.33. The van der Waals surface area contributed by atoms with Crippen molar-refractivity contribution < 1.29 is 0 Å². The molecule has 0 saturated carbocycles. The van der Waals surface area contributed by atoms with Crippen molar-refractivity contribution >= 4 is 70.4 Å². The predicted molar refractivity (Wildman–Crippen MR) is 297 cm³/mol. The van der Waals surface area contributed by atoms with Gasteiger partial charge >= 0.3 is 0 Å². The molecule has 0 bridgehead atoms. The number of para-hydroxylation sites is 1. The molecule has 70 heavy (non-hydrogen) atoms. The van der Waals surface area contributed by atoms with E-state index in [0.29, 0.717) is 0 Å². The number of hydrogen-bond donors (Lipinski definition) is 0. The summed E-state index contributed by atoms with van der Waals surface area (Å²) in [6.45, 7) is 0. The van der Waals surface area contributed by atoms with Gasteiger partial charge in [-0.05, 0) is 141 Å². The molecule has 2 nitrogen and oxygen atoms in total. The van der Waals surface area contributed by atoms with E-state index in [-0.39, 0.29) is 0 Å². The van der Waals surface area contributed by atoms with Gasteiger partial charge in [-0.3, -0.25) is 0 Å². The third-order valence-electron chi connectivity index (χ3n) is 14.7. The lowest BCUT2D eigenvalue weighted by atomic mass is 9.67. The van der Waals surface area contributed by atoms with Gasteiger partial charge in [0.15, 0.2) is 0 Å². The van der Waals surface area contributed by atoms with Crippen LogP contribution in [-0.2, 0) is 5.41 Å². The lowest BCUT2D eigenvalue weighted by Crippen LogP contribution is -2.28. The van der Waals surface area contributed by atoms with Crippen LogP contribution in [0.25, 0.3) is 81.0 Å². The van der Waals surface area contributed by atoms with E-state index in [4.69, 9.17) is 0 Å². The molecule has 2 aromatic heterocycles. The molecule has 0 unspecified atom stereocenters. The first-order chi connectivity index (χ1) is 34.7. The normalized spacial score (nSPS) is 12.7. The minimum absolute atomic E-state index is 0.517. The van der Waals surface area contributed by atoms with Gasteiger partial charge in [0.25, 0.3) is 0 Å². The minimum Gasteiger partial charge on any atom is -0.310 e. The zero-order chi connectivity index (χ0) is 46.2. The van der Waals surface area contributed by atoms with Crippen molar-refractivity contribution in [2.24, 2.45) is 0 Å². The van der Waals surface area contributed by atoms with Crippen molar-refractivity contribution in [3.05, 3.63) is 289 Å². The van der Waals surface area contributed by atoms with E-state index >= 15 is 0 Å². The molecule has 1 aliphatic carbocycles. The van der Waals surface area contributed by atoms with Crippen LogP contribution in [0.4, 0.5) is 17.1 Å². The van der Waals surface area contributed by atoms with Crippen molar-refractivity contribution in [1.29, 1.82) is 0 Å². The Labute approximate surface area is 411 Å². The van der Waals surface area contributed by atoms with Crippen molar-refractivity contribution in [3.8, 4) is 39.1 Å². The average Bonchev–Trinajstić information content (AvgIpc) is 4.08. The molecule has 0 N–H and O–H groups in total. The largest absolute Gasteiger partial charge is 0.310 e. The highest BCUT2D eigenvalue weighted by Crippen LogP contribution is 2.56. The number of thiophene rings is 1. The van der Waals surface area contributed by atoms with Crippen LogP contribution in [0.3, 0.4) is 0 Å². The zero-order valence-corrected chi connectivity index (χ0v) is 39.0. The quantitative estimate of drug-likeness (QED) is 0.147. The molecule has 13 aromatic rings. The Morgan fingerprint density at radius 3 is 1.50 bits per heavy atom. The van der Waals surface area contributed by atoms with Crippen LogP contribution >= 0.6 is 11.3 Å².